The van der Waals surface area contributed by atoms with Crippen molar-refractivity contribution in [3.8, 4) is 11.1 Å². The number of carbonyl (C=O) groups is 2. The Morgan fingerprint density at radius 1 is 0.736 bits per heavy atom. The van der Waals surface area contributed by atoms with Crippen LogP contribution in [0.3, 0.4) is 0 Å². The van der Waals surface area contributed by atoms with Crippen molar-refractivity contribution in [2.45, 2.75) is 82.3 Å². The number of alkyl carbamates (subject to hydrolysis) is 1. The first-order valence-corrected chi connectivity index (χ1v) is 19.5. The van der Waals surface area contributed by atoms with Crippen molar-refractivity contribution in [2.75, 3.05) is 6.61 Å². The normalized spacial score (nSPS) is 16.7. The number of benzene rings is 5. The van der Waals surface area contributed by atoms with Gasteiger partial charge in [0.15, 0.2) is 5.60 Å². The third kappa shape index (κ3) is 7.50. The molecule has 0 heterocycles. The van der Waals surface area contributed by atoms with Gasteiger partial charge in [-0.2, -0.15) is 0 Å². The van der Waals surface area contributed by atoms with Crippen molar-refractivity contribution in [3.63, 3.8) is 0 Å². The maximum atomic E-state index is 14.7. The molecule has 7 rings (SSSR count). The highest BCUT2D eigenvalue weighted by atomic mass is 35.5. The fraction of sp³-hybridized carbons (Fsp3) is 0.319. The third-order valence-electron chi connectivity index (χ3n) is 11.4. The summed E-state index contributed by atoms with van der Waals surface area (Å²) in [5, 5.41) is 3.39. The first-order valence-electron chi connectivity index (χ1n) is 19.2. The Hall–Kier alpha value is -4.87. The number of hydrogen-bond donors (Lipinski definition) is 1. The number of nitrogens with one attached hydrogen (secondary N) is 1. The van der Waals surface area contributed by atoms with Crippen LogP contribution >= 0.6 is 11.6 Å². The lowest BCUT2D eigenvalue weighted by Crippen LogP contribution is -2.49. The van der Waals surface area contributed by atoms with E-state index < -0.39 is 23.7 Å². The van der Waals surface area contributed by atoms with Gasteiger partial charge < -0.3 is 14.8 Å². The maximum absolute atomic E-state index is 14.7. The van der Waals surface area contributed by atoms with E-state index in [2.05, 4.69) is 53.8 Å². The molecule has 5 nitrogen and oxygen atoms in total. The molecule has 1 fully saturated rings. The number of rotatable bonds is 11. The Labute approximate surface area is 318 Å². The summed E-state index contributed by atoms with van der Waals surface area (Å²) in [5.41, 5.74) is 6.64. The quantitative estimate of drug-likeness (QED) is 0.0836. The SMILES string of the molecule is CC[C@H](C)[C@H](NC(=O)OCC1c2ccccc2-c2ccccc21)C(=O)OC(c1ccccc1)(c1ccc(C2CCCCCC2)cc1)c1ccccc1Cl. The zero-order valence-corrected chi connectivity index (χ0v) is 31.4. The van der Waals surface area contributed by atoms with Crippen LogP contribution in [0.25, 0.3) is 11.1 Å². The third-order valence-corrected chi connectivity index (χ3v) is 11.7. The molecular formula is C47H48ClNO4. The Morgan fingerprint density at radius 2 is 1.30 bits per heavy atom. The molecule has 1 amide bonds. The van der Waals surface area contributed by atoms with E-state index in [9.17, 15) is 9.59 Å². The number of esters is 1. The lowest BCUT2D eigenvalue weighted by atomic mass is 9.79. The van der Waals surface area contributed by atoms with Crippen LogP contribution in [0.4, 0.5) is 4.79 Å². The highest BCUT2D eigenvalue weighted by molar-refractivity contribution is 6.31. The van der Waals surface area contributed by atoms with Crippen molar-refractivity contribution in [3.05, 3.63) is 166 Å². The van der Waals surface area contributed by atoms with Crippen LogP contribution in [-0.4, -0.2) is 24.7 Å². The minimum absolute atomic E-state index is 0.103. The Morgan fingerprint density at radius 3 is 1.92 bits per heavy atom. The zero-order valence-electron chi connectivity index (χ0n) is 30.6. The van der Waals surface area contributed by atoms with Crippen LogP contribution in [0.2, 0.25) is 5.02 Å². The van der Waals surface area contributed by atoms with Crippen molar-refractivity contribution >= 4 is 23.7 Å². The van der Waals surface area contributed by atoms with Crippen molar-refractivity contribution < 1.29 is 19.1 Å². The molecule has 1 saturated carbocycles. The van der Waals surface area contributed by atoms with E-state index in [1.807, 2.05) is 92.7 Å². The Balaban J connectivity index is 1.20. The summed E-state index contributed by atoms with van der Waals surface area (Å²) in [4.78, 5) is 28.4. The van der Waals surface area contributed by atoms with Crippen LogP contribution in [-0.2, 0) is 19.9 Å². The number of amides is 1. The van der Waals surface area contributed by atoms with E-state index in [4.69, 9.17) is 21.1 Å². The Bertz CT molecular complexity index is 1980. The van der Waals surface area contributed by atoms with E-state index in [1.54, 1.807) is 0 Å². The lowest BCUT2D eigenvalue weighted by Gasteiger charge is -2.38. The number of halogens is 1. The van der Waals surface area contributed by atoms with Crippen molar-refractivity contribution in [1.82, 2.24) is 5.32 Å². The lowest BCUT2D eigenvalue weighted by molar-refractivity contribution is -0.157. The second-order valence-electron chi connectivity index (χ2n) is 14.6. The van der Waals surface area contributed by atoms with Gasteiger partial charge in [-0.05, 0) is 58.6 Å². The summed E-state index contributed by atoms with van der Waals surface area (Å²) in [6.45, 7) is 4.08. The summed E-state index contributed by atoms with van der Waals surface area (Å²) >= 11 is 7.01. The van der Waals surface area contributed by atoms with E-state index in [1.165, 1.54) is 44.1 Å². The number of fused-ring (bicyclic) bond motifs is 3. The minimum Gasteiger partial charge on any atom is -0.449 e. The highest BCUT2D eigenvalue weighted by Crippen LogP contribution is 2.46. The molecule has 0 bridgehead atoms. The molecule has 5 aromatic rings. The molecular weight excluding hydrogens is 678 g/mol. The zero-order chi connectivity index (χ0) is 36.8. The molecule has 2 aliphatic rings. The van der Waals surface area contributed by atoms with Gasteiger partial charge in [0.1, 0.15) is 12.6 Å². The van der Waals surface area contributed by atoms with Gasteiger partial charge >= 0.3 is 12.1 Å². The fourth-order valence-corrected chi connectivity index (χ4v) is 8.59. The summed E-state index contributed by atoms with van der Waals surface area (Å²) in [6.07, 6.45) is 7.39. The molecule has 1 unspecified atom stereocenters. The van der Waals surface area contributed by atoms with Gasteiger partial charge in [-0.1, -0.05) is 179 Å². The second-order valence-corrected chi connectivity index (χ2v) is 15.0. The number of carbonyl (C=O) groups excluding carboxylic acids is 2. The molecule has 5 aromatic carbocycles. The molecule has 0 radical (unpaired) electrons. The van der Waals surface area contributed by atoms with Crippen LogP contribution in [0, 0.1) is 5.92 Å². The van der Waals surface area contributed by atoms with Gasteiger partial charge in [-0.15, -0.1) is 0 Å². The average Bonchev–Trinajstić information content (AvgIpc) is 3.31. The average molecular weight is 726 g/mol. The molecule has 2 aliphatic carbocycles. The van der Waals surface area contributed by atoms with Crippen LogP contribution in [0.1, 0.15) is 104 Å². The molecule has 0 aromatic heterocycles. The smallest absolute Gasteiger partial charge is 0.407 e. The van der Waals surface area contributed by atoms with Gasteiger partial charge in [0.05, 0.1) is 0 Å². The first kappa shape index (κ1) is 36.5. The first-order chi connectivity index (χ1) is 25.9. The number of hydrogen-bond acceptors (Lipinski definition) is 4. The molecule has 53 heavy (non-hydrogen) atoms. The van der Waals surface area contributed by atoms with Crippen LogP contribution in [0.15, 0.2) is 127 Å². The van der Waals surface area contributed by atoms with Crippen molar-refractivity contribution in [1.29, 1.82) is 0 Å². The molecule has 3 atom stereocenters. The van der Waals surface area contributed by atoms with E-state index in [-0.39, 0.29) is 18.4 Å². The molecule has 6 heteroatoms. The summed E-state index contributed by atoms with van der Waals surface area (Å²) in [5.74, 6) is -0.407. The Kier molecular flexibility index (Phi) is 11.3. The van der Waals surface area contributed by atoms with Crippen LogP contribution in [0.5, 0.6) is 0 Å². The highest BCUT2D eigenvalue weighted by Gasteiger charge is 2.44. The minimum atomic E-state index is -1.40. The topological polar surface area (TPSA) is 64.6 Å². The monoisotopic (exact) mass is 725 g/mol. The van der Waals surface area contributed by atoms with E-state index >= 15 is 0 Å². The van der Waals surface area contributed by atoms with E-state index in [0.29, 0.717) is 22.9 Å². The molecule has 0 aliphatic heterocycles. The molecule has 1 N–H and O–H groups in total. The maximum Gasteiger partial charge on any atom is 0.407 e. The predicted molar refractivity (Wildman–Crippen MR) is 212 cm³/mol. The summed E-state index contributed by atoms with van der Waals surface area (Å²) in [7, 11) is 0. The summed E-state index contributed by atoms with van der Waals surface area (Å²) < 4.78 is 12.8. The van der Waals surface area contributed by atoms with E-state index in [0.717, 1.165) is 33.4 Å². The van der Waals surface area contributed by atoms with Gasteiger partial charge in [0.2, 0.25) is 0 Å². The summed E-state index contributed by atoms with van der Waals surface area (Å²) in [6, 6.07) is 41.3. The van der Waals surface area contributed by atoms with Gasteiger partial charge in [-0.3, -0.25) is 0 Å². The molecule has 0 saturated heterocycles. The predicted octanol–water partition coefficient (Wildman–Crippen LogP) is 11.6. The number of ether oxygens (including phenoxy) is 2. The molecule has 0 spiro atoms. The van der Waals surface area contributed by atoms with Gasteiger partial charge in [-0.25, -0.2) is 9.59 Å². The van der Waals surface area contributed by atoms with Gasteiger partial charge in [0.25, 0.3) is 0 Å². The van der Waals surface area contributed by atoms with Gasteiger partial charge in [0, 0.05) is 27.6 Å². The second kappa shape index (κ2) is 16.4. The van der Waals surface area contributed by atoms with Crippen LogP contribution < -0.4 is 5.32 Å². The fourth-order valence-electron chi connectivity index (χ4n) is 8.32. The largest absolute Gasteiger partial charge is 0.449 e. The van der Waals surface area contributed by atoms with Crippen molar-refractivity contribution in [2.24, 2.45) is 5.92 Å². The standard InChI is InChI=1S/C47H48ClNO4/c1-3-32(2)44(49-46(51)52-31-41-39-23-13-11-21-37(39)38-22-12-14-24-40(38)41)45(50)53-47(35-19-9-6-10-20-35,42-25-15-16-26-43(42)48)36-29-27-34(28-30-36)33-17-7-4-5-8-18-33/h6,9-16,19-30,32-33,41,44H,3-5,7-8,17-18,31H2,1-2H3,(H,49,51)/t32-,44-,47?/m0/s1. The molecule has 272 valence electrons.